The van der Waals surface area contributed by atoms with E-state index >= 15 is 0 Å². The van der Waals surface area contributed by atoms with E-state index in [9.17, 15) is 5.11 Å². The van der Waals surface area contributed by atoms with Gasteiger partial charge >= 0.3 is 0 Å². The first kappa shape index (κ1) is 12.9. The minimum atomic E-state index is -0.339. The molecule has 1 aliphatic heterocycles. The fourth-order valence-corrected chi connectivity index (χ4v) is 1.93. The third-order valence-corrected chi connectivity index (χ3v) is 2.98. The van der Waals surface area contributed by atoms with Crippen LogP contribution in [0.4, 0.5) is 0 Å². The zero-order valence-corrected chi connectivity index (χ0v) is 10.9. The molecule has 2 aromatic rings. The lowest BCUT2D eigenvalue weighted by Gasteiger charge is -2.19. The molecule has 106 valence electrons. The van der Waals surface area contributed by atoms with Crippen molar-refractivity contribution in [1.82, 2.24) is 10.1 Å². The maximum Gasteiger partial charge on any atom is 0.261 e. The molecular formula is C13H14N2O5. The molecule has 0 radical (unpaired) electrons. The van der Waals surface area contributed by atoms with E-state index in [-0.39, 0.29) is 17.7 Å². The van der Waals surface area contributed by atoms with Crippen LogP contribution in [0.5, 0.6) is 11.5 Å². The summed E-state index contributed by atoms with van der Waals surface area (Å²) in [5.74, 6) is 1.25. The number of ether oxygens (including phenoxy) is 3. The first-order chi connectivity index (χ1) is 9.78. The van der Waals surface area contributed by atoms with Crippen molar-refractivity contribution >= 4 is 0 Å². The Morgan fingerprint density at radius 1 is 1.35 bits per heavy atom. The zero-order chi connectivity index (χ0) is 13.9. The van der Waals surface area contributed by atoms with E-state index in [0.717, 1.165) is 0 Å². The zero-order valence-electron chi connectivity index (χ0n) is 10.9. The highest BCUT2D eigenvalue weighted by Crippen LogP contribution is 2.32. The minimum absolute atomic E-state index is 0.0433. The maximum absolute atomic E-state index is 9.86. The van der Waals surface area contributed by atoms with E-state index < -0.39 is 0 Å². The Labute approximate surface area is 115 Å². The quantitative estimate of drug-likeness (QED) is 0.911. The van der Waals surface area contributed by atoms with Crippen molar-refractivity contribution in [3.05, 3.63) is 24.0 Å². The van der Waals surface area contributed by atoms with Gasteiger partial charge in [0.1, 0.15) is 17.6 Å². The number of hydrogen-bond donors (Lipinski definition) is 1. The molecule has 3 rings (SSSR count). The molecule has 1 N–H and O–H groups in total. The molecule has 1 aliphatic rings. The van der Waals surface area contributed by atoms with Crippen LogP contribution in [0.3, 0.4) is 0 Å². The summed E-state index contributed by atoms with van der Waals surface area (Å²) < 4.78 is 21.1. The van der Waals surface area contributed by atoms with Crippen LogP contribution in [0, 0.1) is 0 Å². The molecule has 0 saturated carbocycles. The summed E-state index contributed by atoms with van der Waals surface area (Å²) in [5.41, 5.74) is 0.417. The van der Waals surface area contributed by atoms with Gasteiger partial charge in [-0.1, -0.05) is 5.16 Å². The van der Waals surface area contributed by atoms with Crippen molar-refractivity contribution < 1.29 is 23.8 Å². The standard InChI is InChI=1S/C13H14N2O5/c1-17-8-2-3-10(16)9(6-8)13-14-12(15-20-13)11-7-18-4-5-19-11/h2-3,6,11,16H,4-5,7H2,1H3. The molecular weight excluding hydrogens is 264 g/mol. The van der Waals surface area contributed by atoms with Crippen molar-refractivity contribution in [3.8, 4) is 23.0 Å². The van der Waals surface area contributed by atoms with Crippen LogP contribution in [-0.4, -0.2) is 42.2 Å². The predicted octanol–water partition coefficient (Wildman–Crippen LogP) is 1.54. The van der Waals surface area contributed by atoms with Crippen LogP contribution < -0.4 is 4.74 Å². The van der Waals surface area contributed by atoms with Crippen molar-refractivity contribution in [2.45, 2.75) is 6.10 Å². The Balaban J connectivity index is 1.89. The summed E-state index contributed by atoms with van der Waals surface area (Å²) in [5, 5.41) is 13.7. The molecule has 1 saturated heterocycles. The minimum Gasteiger partial charge on any atom is -0.507 e. The molecule has 2 heterocycles. The van der Waals surface area contributed by atoms with Gasteiger partial charge in [0.2, 0.25) is 5.82 Å². The van der Waals surface area contributed by atoms with Crippen molar-refractivity contribution in [1.29, 1.82) is 0 Å². The molecule has 0 amide bonds. The monoisotopic (exact) mass is 278 g/mol. The number of methoxy groups -OCH3 is 1. The number of nitrogens with zero attached hydrogens (tertiary/aromatic N) is 2. The average Bonchev–Trinajstić information content (AvgIpc) is 2.98. The SMILES string of the molecule is COc1ccc(O)c(-c2nc(C3COCCO3)no2)c1. The van der Waals surface area contributed by atoms with Crippen molar-refractivity contribution in [3.63, 3.8) is 0 Å². The number of aromatic nitrogens is 2. The second-order valence-electron chi connectivity index (χ2n) is 4.28. The number of phenols is 1. The largest absolute Gasteiger partial charge is 0.507 e. The normalized spacial score (nSPS) is 18.9. The average molecular weight is 278 g/mol. The van der Waals surface area contributed by atoms with Crippen LogP contribution in [0.15, 0.2) is 22.7 Å². The summed E-state index contributed by atoms with van der Waals surface area (Å²) >= 11 is 0. The first-order valence-electron chi connectivity index (χ1n) is 6.18. The van der Waals surface area contributed by atoms with Gasteiger partial charge in [0.25, 0.3) is 5.89 Å². The van der Waals surface area contributed by atoms with E-state index in [1.807, 2.05) is 0 Å². The third-order valence-electron chi connectivity index (χ3n) is 2.98. The summed E-state index contributed by atoms with van der Waals surface area (Å²) in [6.07, 6.45) is -0.339. The van der Waals surface area contributed by atoms with Gasteiger partial charge in [-0.15, -0.1) is 0 Å². The highest BCUT2D eigenvalue weighted by atomic mass is 16.6. The second-order valence-corrected chi connectivity index (χ2v) is 4.28. The molecule has 0 spiro atoms. The number of hydrogen-bond acceptors (Lipinski definition) is 7. The molecule has 1 unspecified atom stereocenters. The smallest absolute Gasteiger partial charge is 0.261 e. The first-order valence-corrected chi connectivity index (χ1v) is 6.18. The maximum atomic E-state index is 9.86. The van der Waals surface area contributed by atoms with Crippen molar-refractivity contribution in [2.24, 2.45) is 0 Å². The Bertz CT molecular complexity index is 592. The van der Waals surface area contributed by atoms with Gasteiger partial charge in [-0.25, -0.2) is 0 Å². The van der Waals surface area contributed by atoms with Gasteiger partial charge in [-0.05, 0) is 18.2 Å². The van der Waals surface area contributed by atoms with Crippen LogP contribution in [0.2, 0.25) is 0 Å². The highest BCUT2D eigenvalue weighted by molar-refractivity contribution is 5.64. The van der Waals surface area contributed by atoms with E-state index in [1.54, 1.807) is 19.2 Å². The number of rotatable bonds is 3. The molecule has 0 aliphatic carbocycles. The van der Waals surface area contributed by atoms with E-state index in [1.165, 1.54) is 6.07 Å². The van der Waals surface area contributed by atoms with Gasteiger partial charge in [0.05, 0.1) is 32.5 Å². The predicted molar refractivity (Wildman–Crippen MR) is 67.5 cm³/mol. The lowest BCUT2D eigenvalue weighted by Crippen LogP contribution is -2.22. The third kappa shape index (κ3) is 2.45. The Morgan fingerprint density at radius 2 is 2.25 bits per heavy atom. The van der Waals surface area contributed by atoms with Crippen molar-refractivity contribution in [2.75, 3.05) is 26.9 Å². The summed E-state index contributed by atoms with van der Waals surface area (Å²) in [6, 6.07) is 4.79. The van der Waals surface area contributed by atoms with Gasteiger partial charge < -0.3 is 23.8 Å². The van der Waals surface area contributed by atoms with E-state index in [4.69, 9.17) is 18.7 Å². The Hall–Kier alpha value is -2.12. The highest BCUT2D eigenvalue weighted by Gasteiger charge is 2.23. The molecule has 1 fully saturated rings. The summed E-state index contributed by atoms with van der Waals surface area (Å²) in [7, 11) is 1.54. The van der Waals surface area contributed by atoms with Crippen LogP contribution in [-0.2, 0) is 9.47 Å². The number of benzene rings is 1. The van der Waals surface area contributed by atoms with Gasteiger partial charge in [0.15, 0.2) is 0 Å². The molecule has 7 heteroatoms. The fourth-order valence-electron chi connectivity index (χ4n) is 1.93. The second kappa shape index (κ2) is 5.48. The molecule has 1 atom stereocenters. The molecule has 1 aromatic heterocycles. The summed E-state index contributed by atoms with van der Waals surface area (Å²) in [4.78, 5) is 4.24. The van der Waals surface area contributed by atoms with Crippen LogP contribution in [0.25, 0.3) is 11.5 Å². The Morgan fingerprint density at radius 3 is 3.00 bits per heavy atom. The molecule has 0 bridgehead atoms. The van der Waals surface area contributed by atoms with Gasteiger partial charge in [-0.3, -0.25) is 0 Å². The van der Waals surface area contributed by atoms with Crippen LogP contribution in [0.1, 0.15) is 11.9 Å². The van der Waals surface area contributed by atoms with E-state index in [0.29, 0.717) is 37.0 Å². The molecule has 1 aromatic carbocycles. The number of phenolic OH excluding ortho intramolecular Hbond substituents is 1. The number of aromatic hydroxyl groups is 1. The van der Waals surface area contributed by atoms with Crippen LogP contribution >= 0.6 is 0 Å². The van der Waals surface area contributed by atoms with E-state index in [2.05, 4.69) is 10.1 Å². The lowest BCUT2D eigenvalue weighted by atomic mass is 10.2. The molecule has 7 nitrogen and oxygen atoms in total. The fraction of sp³-hybridized carbons (Fsp3) is 0.385. The molecule has 20 heavy (non-hydrogen) atoms. The Kier molecular flexibility index (Phi) is 3.53. The van der Waals surface area contributed by atoms with Gasteiger partial charge in [0, 0.05) is 0 Å². The topological polar surface area (TPSA) is 86.8 Å². The lowest BCUT2D eigenvalue weighted by molar-refractivity contribution is -0.0941. The summed E-state index contributed by atoms with van der Waals surface area (Å²) in [6.45, 7) is 1.46. The van der Waals surface area contributed by atoms with Gasteiger partial charge in [-0.2, -0.15) is 4.98 Å².